The van der Waals surface area contributed by atoms with Gasteiger partial charge in [0, 0.05) is 23.8 Å². The third-order valence-corrected chi connectivity index (χ3v) is 2.97. The lowest BCUT2D eigenvalue weighted by atomic mass is 10.2. The van der Waals surface area contributed by atoms with Crippen LogP contribution in [-0.4, -0.2) is 24.5 Å². The van der Waals surface area contributed by atoms with Crippen molar-refractivity contribution in [2.24, 2.45) is 0 Å². The van der Waals surface area contributed by atoms with Crippen LogP contribution >= 0.6 is 11.8 Å². The molecule has 0 spiro atoms. The molecule has 0 bridgehead atoms. The van der Waals surface area contributed by atoms with Crippen LogP contribution in [0.3, 0.4) is 0 Å². The van der Waals surface area contributed by atoms with Gasteiger partial charge in [0.1, 0.15) is 0 Å². The van der Waals surface area contributed by atoms with Crippen molar-refractivity contribution in [2.45, 2.75) is 17.9 Å². The van der Waals surface area contributed by atoms with E-state index in [0.717, 1.165) is 18.7 Å². The van der Waals surface area contributed by atoms with E-state index in [2.05, 4.69) is 29.6 Å². The molecule has 0 heterocycles. The first-order valence-electron chi connectivity index (χ1n) is 4.84. The number of hydrogen-bond donors (Lipinski definition) is 2. The minimum absolute atomic E-state index is 0.283. The van der Waals surface area contributed by atoms with E-state index >= 15 is 0 Å². The third kappa shape index (κ3) is 4.13. The van der Waals surface area contributed by atoms with Gasteiger partial charge in [-0.25, -0.2) is 0 Å². The van der Waals surface area contributed by atoms with Gasteiger partial charge >= 0.3 is 0 Å². The van der Waals surface area contributed by atoms with Gasteiger partial charge in [0.05, 0.1) is 0 Å². The average molecular weight is 211 g/mol. The van der Waals surface area contributed by atoms with E-state index in [9.17, 15) is 0 Å². The van der Waals surface area contributed by atoms with Crippen LogP contribution in [0.2, 0.25) is 0 Å². The van der Waals surface area contributed by atoms with Gasteiger partial charge in [-0.15, -0.1) is 11.8 Å². The summed E-state index contributed by atoms with van der Waals surface area (Å²) in [5.74, 6) is 0.988. The van der Waals surface area contributed by atoms with Crippen LogP contribution < -0.4 is 5.32 Å². The van der Waals surface area contributed by atoms with Crippen LogP contribution in [0.1, 0.15) is 12.0 Å². The minimum atomic E-state index is 0.283. The van der Waals surface area contributed by atoms with E-state index in [1.54, 1.807) is 11.8 Å². The highest BCUT2D eigenvalue weighted by Gasteiger charge is 1.94. The van der Waals surface area contributed by atoms with Gasteiger partial charge < -0.3 is 10.4 Å². The second-order valence-electron chi connectivity index (χ2n) is 3.10. The molecule has 1 aromatic rings. The van der Waals surface area contributed by atoms with E-state index in [-0.39, 0.29) is 6.61 Å². The summed E-state index contributed by atoms with van der Waals surface area (Å²) in [6.45, 7) is 1.20. The fourth-order valence-corrected chi connectivity index (χ4v) is 2.00. The lowest BCUT2D eigenvalue weighted by Gasteiger charge is -2.02. The molecule has 0 fully saturated rings. The number of aliphatic hydroxyl groups excluding tert-OH is 1. The summed E-state index contributed by atoms with van der Waals surface area (Å²) in [6, 6.07) is 8.54. The molecule has 0 aromatic heterocycles. The maximum Gasteiger partial charge on any atom is 0.0439 e. The fraction of sp³-hybridized carbons (Fsp3) is 0.455. The lowest BCUT2D eigenvalue weighted by Crippen LogP contribution is -2.04. The topological polar surface area (TPSA) is 32.3 Å². The molecule has 0 amide bonds. The van der Waals surface area contributed by atoms with Gasteiger partial charge in [-0.1, -0.05) is 12.1 Å². The van der Waals surface area contributed by atoms with Gasteiger partial charge in [-0.05, 0) is 31.2 Å². The number of benzene rings is 1. The Hall–Kier alpha value is -0.510. The van der Waals surface area contributed by atoms with Crippen LogP contribution in [0.5, 0.6) is 0 Å². The standard InChI is InChI=1S/C11H17NOS/c1-12-9-10-3-5-11(6-4-10)14-8-2-7-13/h3-6,12-13H,2,7-9H2,1H3. The average Bonchev–Trinajstić information content (AvgIpc) is 2.21. The largest absolute Gasteiger partial charge is 0.396 e. The van der Waals surface area contributed by atoms with E-state index in [1.165, 1.54) is 10.5 Å². The zero-order valence-corrected chi connectivity index (χ0v) is 9.31. The molecule has 0 unspecified atom stereocenters. The molecule has 0 atom stereocenters. The highest BCUT2D eigenvalue weighted by molar-refractivity contribution is 7.99. The monoisotopic (exact) mass is 211 g/mol. The van der Waals surface area contributed by atoms with Crippen molar-refractivity contribution in [2.75, 3.05) is 19.4 Å². The van der Waals surface area contributed by atoms with Crippen molar-refractivity contribution in [1.82, 2.24) is 5.32 Å². The van der Waals surface area contributed by atoms with Gasteiger partial charge in [0.25, 0.3) is 0 Å². The Morgan fingerprint density at radius 1 is 1.29 bits per heavy atom. The summed E-state index contributed by atoms with van der Waals surface area (Å²) in [4.78, 5) is 1.28. The van der Waals surface area contributed by atoms with Crippen molar-refractivity contribution < 1.29 is 5.11 Å². The van der Waals surface area contributed by atoms with Crippen molar-refractivity contribution in [1.29, 1.82) is 0 Å². The smallest absolute Gasteiger partial charge is 0.0439 e. The molecule has 0 aliphatic carbocycles. The molecule has 1 rings (SSSR count). The summed E-state index contributed by atoms with van der Waals surface area (Å²) in [7, 11) is 1.95. The Kier molecular flexibility index (Phi) is 5.68. The number of aliphatic hydroxyl groups is 1. The summed E-state index contributed by atoms with van der Waals surface area (Å²) in [5, 5.41) is 11.8. The molecule has 0 aliphatic rings. The molecule has 0 radical (unpaired) electrons. The summed E-state index contributed by atoms with van der Waals surface area (Å²) < 4.78 is 0. The van der Waals surface area contributed by atoms with Crippen molar-refractivity contribution in [3.63, 3.8) is 0 Å². The van der Waals surface area contributed by atoms with Gasteiger partial charge in [-0.3, -0.25) is 0 Å². The van der Waals surface area contributed by atoms with Gasteiger partial charge in [0.2, 0.25) is 0 Å². The van der Waals surface area contributed by atoms with Crippen molar-refractivity contribution >= 4 is 11.8 Å². The maximum atomic E-state index is 8.64. The number of nitrogens with one attached hydrogen (secondary N) is 1. The molecule has 0 saturated carbocycles. The summed E-state index contributed by atoms with van der Waals surface area (Å²) >= 11 is 1.79. The normalized spacial score (nSPS) is 10.4. The fourth-order valence-electron chi connectivity index (χ4n) is 1.16. The molecular weight excluding hydrogens is 194 g/mol. The van der Waals surface area contributed by atoms with Crippen LogP contribution in [0.25, 0.3) is 0 Å². The molecule has 3 heteroatoms. The van der Waals surface area contributed by atoms with Crippen LogP contribution in [-0.2, 0) is 6.54 Å². The number of thioether (sulfide) groups is 1. The second-order valence-corrected chi connectivity index (χ2v) is 4.27. The predicted octanol–water partition coefficient (Wildman–Crippen LogP) is 1.88. The molecule has 2 N–H and O–H groups in total. The zero-order chi connectivity index (χ0) is 10.2. The first-order valence-corrected chi connectivity index (χ1v) is 5.82. The van der Waals surface area contributed by atoms with Crippen molar-refractivity contribution in [3.05, 3.63) is 29.8 Å². The number of hydrogen-bond acceptors (Lipinski definition) is 3. The van der Waals surface area contributed by atoms with Gasteiger partial charge in [-0.2, -0.15) is 0 Å². The van der Waals surface area contributed by atoms with Crippen LogP contribution in [0.4, 0.5) is 0 Å². The molecule has 78 valence electrons. The predicted molar refractivity (Wildman–Crippen MR) is 61.6 cm³/mol. The molecule has 1 aromatic carbocycles. The Balaban J connectivity index is 2.38. The van der Waals surface area contributed by atoms with E-state index in [0.29, 0.717) is 0 Å². The highest BCUT2D eigenvalue weighted by atomic mass is 32.2. The zero-order valence-electron chi connectivity index (χ0n) is 8.49. The maximum absolute atomic E-state index is 8.64. The summed E-state index contributed by atoms with van der Waals surface area (Å²) in [5.41, 5.74) is 1.30. The summed E-state index contributed by atoms with van der Waals surface area (Å²) in [6.07, 6.45) is 0.864. The van der Waals surface area contributed by atoms with E-state index in [1.807, 2.05) is 7.05 Å². The SMILES string of the molecule is CNCc1ccc(SCCCO)cc1. The lowest BCUT2D eigenvalue weighted by molar-refractivity contribution is 0.296. The molecule has 2 nitrogen and oxygen atoms in total. The quantitative estimate of drug-likeness (QED) is 0.556. The van der Waals surface area contributed by atoms with Gasteiger partial charge in [0.15, 0.2) is 0 Å². The van der Waals surface area contributed by atoms with Crippen molar-refractivity contribution in [3.8, 4) is 0 Å². The first-order chi connectivity index (χ1) is 6.86. The molecular formula is C11H17NOS. The molecule has 0 aliphatic heterocycles. The number of rotatable bonds is 6. The molecule has 14 heavy (non-hydrogen) atoms. The third-order valence-electron chi connectivity index (χ3n) is 1.88. The molecule has 0 saturated heterocycles. The first kappa shape index (κ1) is 11.6. The Bertz CT molecular complexity index is 248. The minimum Gasteiger partial charge on any atom is -0.396 e. The van der Waals surface area contributed by atoms with E-state index < -0.39 is 0 Å². The Labute approximate surface area is 89.7 Å². The van der Waals surface area contributed by atoms with Crippen LogP contribution in [0.15, 0.2) is 29.2 Å². The van der Waals surface area contributed by atoms with E-state index in [4.69, 9.17) is 5.11 Å². The Morgan fingerprint density at radius 2 is 2.00 bits per heavy atom. The highest BCUT2D eigenvalue weighted by Crippen LogP contribution is 2.18. The second kappa shape index (κ2) is 6.87. The van der Waals surface area contributed by atoms with Crippen LogP contribution in [0, 0.1) is 0 Å². The Morgan fingerprint density at radius 3 is 2.57 bits per heavy atom.